The number of para-hydroxylation sites is 1. The molecule has 76 valence electrons. The topological polar surface area (TPSA) is 31.0 Å². The summed E-state index contributed by atoms with van der Waals surface area (Å²) >= 11 is 0. The molecule has 0 spiro atoms. The summed E-state index contributed by atoms with van der Waals surface area (Å²) in [5.41, 5.74) is 1.08. The van der Waals surface area contributed by atoms with Crippen molar-refractivity contribution >= 4 is 0 Å². The number of methoxy groups -OCH3 is 1. The molecular weight excluding hydrogens is 180 g/mol. The summed E-state index contributed by atoms with van der Waals surface area (Å²) in [5.74, 6) is 0.893. The lowest BCUT2D eigenvalue weighted by molar-refractivity contribution is 0.178. The highest BCUT2D eigenvalue weighted by molar-refractivity contribution is 5.32. The molecular formula is C11H14O3. The van der Waals surface area contributed by atoms with E-state index in [1.165, 1.54) is 0 Å². The SMILES string of the molecule is COCc1ccccc1OCC1CO1. The number of epoxide rings is 1. The highest BCUT2D eigenvalue weighted by atomic mass is 16.6. The Hall–Kier alpha value is -1.06. The van der Waals surface area contributed by atoms with Gasteiger partial charge in [-0.05, 0) is 6.07 Å². The first-order valence-corrected chi connectivity index (χ1v) is 4.71. The van der Waals surface area contributed by atoms with Gasteiger partial charge in [0.1, 0.15) is 18.5 Å². The fourth-order valence-electron chi connectivity index (χ4n) is 1.27. The highest BCUT2D eigenvalue weighted by Crippen LogP contribution is 2.20. The van der Waals surface area contributed by atoms with Crippen LogP contribution in [0.3, 0.4) is 0 Å². The fourth-order valence-corrected chi connectivity index (χ4v) is 1.27. The van der Waals surface area contributed by atoms with Crippen LogP contribution in [0.5, 0.6) is 5.75 Å². The number of ether oxygens (including phenoxy) is 3. The minimum Gasteiger partial charge on any atom is -0.490 e. The van der Waals surface area contributed by atoms with E-state index < -0.39 is 0 Å². The van der Waals surface area contributed by atoms with Crippen molar-refractivity contribution in [2.24, 2.45) is 0 Å². The Bertz CT molecular complexity index is 294. The quantitative estimate of drug-likeness (QED) is 0.667. The van der Waals surface area contributed by atoms with Crippen molar-refractivity contribution in [3.8, 4) is 5.75 Å². The van der Waals surface area contributed by atoms with Crippen LogP contribution in [0.25, 0.3) is 0 Å². The van der Waals surface area contributed by atoms with Crippen molar-refractivity contribution in [2.45, 2.75) is 12.7 Å². The normalized spacial score (nSPS) is 19.4. The largest absolute Gasteiger partial charge is 0.490 e. The highest BCUT2D eigenvalue weighted by Gasteiger charge is 2.23. The van der Waals surface area contributed by atoms with Crippen molar-refractivity contribution in [1.82, 2.24) is 0 Å². The van der Waals surface area contributed by atoms with Crippen LogP contribution in [0.2, 0.25) is 0 Å². The van der Waals surface area contributed by atoms with Gasteiger partial charge in [0.2, 0.25) is 0 Å². The van der Waals surface area contributed by atoms with Crippen molar-refractivity contribution in [3.63, 3.8) is 0 Å². The van der Waals surface area contributed by atoms with Crippen LogP contribution >= 0.6 is 0 Å². The van der Waals surface area contributed by atoms with E-state index in [0.717, 1.165) is 17.9 Å². The van der Waals surface area contributed by atoms with Crippen LogP contribution in [0.1, 0.15) is 5.56 Å². The minimum absolute atomic E-state index is 0.297. The van der Waals surface area contributed by atoms with Gasteiger partial charge < -0.3 is 14.2 Å². The monoisotopic (exact) mass is 194 g/mol. The zero-order valence-electron chi connectivity index (χ0n) is 8.23. The van der Waals surface area contributed by atoms with Crippen molar-refractivity contribution in [1.29, 1.82) is 0 Å². The van der Waals surface area contributed by atoms with E-state index in [1.54, 1.807) is 7.11 Å². The molecule has 0 aromatic heterocycles. The lowest BCUT2D eigenvalue weighted by Gasteiger charge is -2.09. The zero-order valence-corrected chi connectivity index (χ0v) is 8.23. The third kappa shape index (κ3) is 2.47. The first-order valence-electron chi connectivity index (χ1n) is 4.71. The van der Waals surface area contributed by atoms with Crippen LogP contribution < -0.4 is 4.74 Å². The van der Waals surface area contributed by atoms with Crippen molar-refractivity contribution in [3.05, 3.63) is 29.8 Å². The fraction of sp³-hybridized carbons (Fsp3) is 0.455. The first-order chi connectivity index (χ1) is 6.90. The summed E-state index contributed by atoms with van der Waals surface area (Å²) in [5, 5.41) is 0. The summed E-state index contributed by atoms with van der Waals surface area (Å²) < 4.78 is 15.8. The van der Waals surface area contributed by atoms with Gasteiger partial charge in [-0.3, -0.25) is 0 Å². The van der Waals surface area contributed by atoms with Crippen LogP contribution in [-0.2, 0) is 16.1 Å². The maximum atomic E-state index is 5.61. The molecule has 1 heterocycles. The van der Waals surface area contributed by atoms with Gasteiger partial charge in [0, 0.05) is 12.7 Å². The molecule has 0 bridgehead atoms. The molecule has 1 atom stereocenters. The third-order valence-electron chi connectivity index (χ3n) is 2.10. The lowest BCUT2D eigenvalue weighted by Crippen LogP contribution is -2.06. The smallest absolute Gasteiger partial charge is 0.124 e. The second-order valence-corrected chi connectivity index (χ2v) is 3.31. The Morgan fingerprint density at radius 2 is 2.21 bits per heavy atom. The molecule has 1 unspecified atom stereocenters. The Morgan fingerprint density at radius 3 is 2.93 bits per heavy atom. The van der Waals surface area contributed by atoms with Crippen LogP contribution in [0.4, 0.5) is 0 Å². The van der Waals surface area contributed by atoms with E-state index in [9.17, 15) is 0 Å². The molecule has 3 heteroatoms. The summed E-state index contributed by atoms with van der Waals surface area (Å²) in [6.45, 7) is 2.05. The molecule has 0 aliphatic carbocycles. The molecule has 1 aromatic rings. The first kappa shape index (κ1) is 9.49. The Labute approximate surface area is 83.6 Å². The summed E-state index contributed by atoms with van der Waals surface area (Å²) in [6.07, 6.45) is 0.297. The average Bonchev–Trinajstić information content (AvgIpc) is 3.01. The van der Waals surface area contributed by atoms with Gasteiger partial charge in [0.15, 0.2) is 0 Å². The van der Waals surface area contributed by atoms with Gasteiger partial charge in [0.25, 0.3) is 0 Å². The van der Waals surface area contributed by atoms with Crippen molar-refractivity contribution < 1.29 is 14.2 Å². The van der Waals surface area contributed by atoms with Crippen LogP contribution in [0.15, 0.2) is 24.3 Å². The second-order valence-electron chi connectivity index (χ2n) is 3.31. The van der Waals surface area contributed by atoms with E-state index in [4.69, 9.17) is 14.2 Å². The molecule has 1 fully saturated rings. The molecule has 0 saturated carbocycles. The van der Waals surface area contributed by atoms with Gasteiger partial charge in [-0.15, -0.1) is 0 Å². The lowest BCUT2D eigenvalue weighted by atomic mass is 10.2. The number of hydrogen-bond acceptors (Lipinski definition) is 3. The maximum Gasteiger partial charge on any atom is 0.124 e. The van der Waals surface area contributed by atoms with Gasteiger partial charge >= 0.3 is 0 Å². The molecule has 1 aromatic carbocycles. The molecule has 1 aliphatic heterocycles. The maximum absolute atomic E-state index is 5.61. The van der Waals surface area contributed by atoms with Gasteiger partial charge in [0.05, 0.1) is 13.2 Å². The predicted molar refractivity (Wildman–Crippen MR) is 52.4 cm³/mol. The Kier molecular flexibility index (Phi) is 3.01. The third-order valence-corrected chi connectivity index (χ3v) is 2.10. The number of rotatable bonds is 5. The predicted octanol–water partition coefficient (Wildman–Crippen LogP) is 1.61. The Balaban J connectivity index is 1.97. The van der Waals surface area contributed by atoms with Gasteiger partial charge in [-0.1, -0.05) is 18.2 Å². The van der Waals surface area contributed by atoms with Crippen LogP contribution in [0, 0.1) is 0 Å². The van der Waals surface area contributed by atoms with E-state index in [2.05, 4.69) is 0 Å². The van der Waals surface area contributed by atoms with E-state index >= 15 is 0 Å². The number of benzene rings is 1. The summed E-state index contributed by atoms with van der Waals surface area (Å²) in [4.78, 5) is 0. The molecule has 2 rings (SSSR count). The Morgan fingerprint density at radius 1 is 1.43 bits per heavy atom. The van der Waals surface area contributed by atoms with Crippen LogP contribution in [-0.4, -0.2) is 26.4 Å². The summed E-state index contributed by atoms with van der Waals surface area (Å²) in [7, 11) is 1.68. The standard InChI is InChI=1S/C11H14O3/c1-12-6-9-4-2-3-5-11(9)14-8-10-7-13-10/h2-5,10H,6-8H2,1H3. The molecule has 3 nitrogen and oxygen atoms in total. The van der Waals surface area contributed by atoms with Gasteiger partial charge in [-0.25, -0.2) is 0 Å². The van der Waals surface area contributed by atoms with Gasteiger partial charge in [-0.2, -0.15) is 0 Å². The minimum atomic E-state index is 0.297. The molecule has 0 radical (unpaired) electrons. The number of hydrogen-bond donors (Lipinski definition) is 0. The zero-order chi connectivity index (χ0) is 9.80. The average molecular weight is 194 g/mol. The van der Waals surface area contributed by atoms with E-state index in [-0.39, 0.29) is 0 Å². The molecule has 1 saturated heterocycles. The van der Waals surface area contributed by atoms with E-state index in [1.807, 2.05) is 24.3 Å². The molecule has 1 aliphatic rings. The van der Waals surface area contributed by atoms with Crippen molar-refractivity contribution in [2.75, 3.05) is 20.3 Å². The molecule has 14 heavy (non-hydrogen) atoms. The van der Waals surface area contributed by atoms with E-state index in [0.29, 0.717) is 19.3 Å². The molecule has 0 N–H and O–H groups in total. The molecule has 0 amide bonds. The second kappa shape index (κ2) is 4.44. The summed E-state index contributed by atoms with van der Waals surface area (Å²) in [6, 6.07) is 7.90.